The first-order chi connectivity index (χ1) is 9.70. The fraction of sp³-hybridized carbons (Fsp3) is 0.562. The first-order valence-electron chi connectivity index (χ1n) is 7.26. The molecule has 0 radical (unpaired) electrons. The zero-order valence-electron chi connectivity index (χ0n) is 11.6. The Kier molecular flexibility index (Phi) is 4.15. The molecule has 3 unspecified atom stereocenters. The average Bonchev–Trinajstić information content (AvgIpc) is 2.94. The van der Waals surface area contributed by atoms with Crippen LogP contribution >= 0.6 is 11.8 Å². The maximum Gasteiger partial charge on any atom is 0.157 e. The second-order valence-electron chi connectivity index (χ2n) is 5.81. The SMILES string of the molecule is NC(C(=O)C1CCOC2(CCSC2)C1)c1ccccc1. The Morgan fingerprint density at radius 2 is 2.20 bits per heavy atom. The molecule has 0 saturated carbocycles. The van der Waals surface area contributed by atoms with Gasteiger partial charge >= 0.3 is 0 Å². The number of hydrogen-bond donors (Lipinski definition) is 1. The summed E-state index contributed by atoms with van der Waals surface area (Å²) in [5, 5.41) is 0. The summed E-state index contributed by atoms with van der Waals surface area (Å²) in [7, 11) is 0. The van der Waals surface area contributed by atoms with E-state index < -0.39 is 6.04 Å². The number of rotatable bonds is 3. The third kappa shape index (κ3) is 2.78. The van der Waals surface area contributed by atoms with E-state index in [9.17, 15) is 4.79 Å². The van der Waals surface area contributed by atoms with Crippen molar-refractivity contribution in [1.82, 2.24) is 0 Å². The minimum atomic E-state index is -0.495. The van der Waals surface area contributed by atoms with E-state index in [-0.39, 0.29) is 17.3 Å². The number of ketones is 1. The van der Waals surface area contributed by atoms with Crippen LogP contribution < -0.4 is 5.73 Å². The van der Waals surface area contributed by atoms with E-state index in [1.165, 1.54) is 0 Å². The Bertz CT molecular complexity index is 471. The minimum absolute atomic E-state index is 0.0534. The van der Waals surface area contributed by atoms with Crippen molar-refractivity contribution in [3.05, 3.63) is 35.9 Å². The maximum atomic E-state index is 12.7. The highest BCUT2D eigenvalue weighted by Crippen LogP contribution is 2.41. The summed E-state index contributed by atoms with van der Waals surface area (Å²) >= 11 is 1.93. The van der Waals surface area contributed by atoms with Crippen LogP contribution in [-0.4, -0.2) is 29.5 Å². The lowest BCUT2D eigenvalue weighted by atomic mass is 9.80. The summed E-state index contributed by atoms with van der Waals surface area (Å²) in [6.45, 7) is 0.693. The fourth-order valence-electron chi connectivity index (χ4n) is 3.21. The van der Waals surface area contributed by atoms with Crippen LogP contribution in [0.1, 0.15) is 30.9 Å². The quantitative estimate of drug-likeness (QED) is 0.930. The first-order valence-corrected chi connectivity index (χ1v) is 8.42. The maximum absolute atomic E-state index is 12.7. The molecule has 0 aromatic heterocycles. The predicted octanol–water partition coefficient (Wildman–Crippen LogP) is 2.56. The molecule has 0 amide bonds. The molecule has 3 nitrogen and oxygen atoms in total. The van der Waals surface area contributed by atoms with Crippen molar-refractivity contribution in [2.24, 2.45) is 11.7 Å². The molecule has 2 fully saturated rings. The molecule has 1 spiro atoms. The number of carbonyl (C=O) groups excluding carboxylic acids is 1. The van der Waals surface area contributed by atoms with Crippen LogP contribution in [0.5, 0.6) is 0 Å². The van der Waals surface area contributed by atoms with Crippen LogP contribution in [0.25, 0.3) is 0 Å². The Balaban J connectivity index is 1.70. The first kappa shape index (κ1) is 14.1. The van der Waals surface area contributed by atoms with Gasteiger partial charge in [-0.1, -0.05) is 30.3 Å². The molecule has 0 bridgehead atoms. The summed E-state index contributed by atoms with van der Waals surface area (Å²) in [5.41, 5.74) is 7.02. The van der Waals surface area contributed by atoms with E-state index in [0.717, 1.165) is 36.3 Å². The molecule has 4 heteroatoms. The van der Waals surface area contributed by atoms with Gasteiger partial charge in [0.1, 0.15) is 0 Å². The molecule has 1 aromatic carbocycles. The van der Waals surface area contributed by atoms with Crippen LogP contribution in [0.15, 0.2) is 30.3 Å². The molecule has 2 heterocycles. The van der Waals surface area contributed by atoms with Crippen molar-refractivity contribution in [3.8, 4) is 0 Å². The molecule has 2 aliphatic heterocycles. The monoisotopic (exact) mass is 291 g/mol. The van der Waals surface area contributed by atoms with Gasteiger partial charge in [0.2, 0.25) is 0 Å². The fourth-order valence-corrected chi connectivity index (χ4v) is 4.59. The highest BCUT2D eigenvalue weighted by atomic mass is 32.2. The van der Waals surface area contributed by atoms with Crippen molar-refractivity contribution in [1.29, 1.82) is 0 Å². The highest BCUT2D eigenvalue weighted by molar-refractivity contribution is 7.99. The molecule has 20 heavy (non-hydrogen) atoms. The second kappa shape index (κ2) is 5.88. The summed E-state index contributed by atoms with van der Waals surface area (Å²) in [6.07, 6.45) is 2.73. The van der Waals surface area contributed by atoms with Crippen molar-refractivity contribution in [2.45, 2.75) is 30.9 Å². The lowest BCUT2D eigenvalue weighted by Gasteiger charge is -2.37. The van der Waals surface area contributed by atoms with E-state index in [2.05, 4.69) is 0 Å². The molecule has 3 rings (SSSR count). The predicted molar refractivity (Wildman–Crippen MR) is 81.7 cm³/mol. The van der Waals surface area contributed by atoms with Crippen molar-refractivity contribution in [3.63, 3.8) is 0 Å². The summed E-state index contributed by atoms with van der Waals surface area (Å²) in [5.74, 6) is 2.40. The molecular formula is C16H21NO2S. The smallest absolute Gasteiger partial charge is 0.157 e. The molecule has 3 atom stereocenters. The zero-order valence-corrected chi connectivity index (χ0v) is 12.4. The van der Waals surface area contributed by atoms with E-state index in [1.807, 2.05) is 42.1 Å². The van der Waals surface area contributed by atoms with Gasteiger partial charge in [-0.05, 0) is 30.6 Å². The topological polar surface area (TPSA) is 52.3 Å². The largest absolute Gasteiger partial charge is 0.374 e. The molecule has 2 saturated heterocycles. The number of nitrogens with two attached hydrogens (primary N) is 1. The van der Waals surface area contributed by atoms with E-state index in [4.69, 9.17) is 10.5 Å². The highest BCUT2D eigenvalue weighted by Gasteiger charge is 2.43. The number of thioether (sulfide) groups is 1. The minimum Gasteiger partial charge on any atom is -0.374 e. The average molecular weight is 291 g/mol. The molecular weight excluding hydrogens is 270 g/mol. The number of ether oxygens (including phenoxy) is 1. The van der Waals surface area contributed by atoms with E-state index in [0.29, 0.717) is 6.61 Å². The zero-order chi connectivity index (χ0) is 14.0. The molecule has 0 aliphatic carbocycles. The van der Waals surface area contributed by atoms with Crippen molar-refractivity contribution >= 4 is 17.5 Å². The number of carbonyl (C=O) groups is 1. The van der Waals surface area contributed by atoms with Crippen LogP contribution in [-0.2, 0) is 9.53 Å². The summed E-state index contributed by atoms with van der Waals surface area (Å²) in [6, 6.07) is 9.18. The number of benzene rings is 1. The Morgan fingerprint density at radius 1 is 1.40 bits per heavy atom. The molecule has 2 aliphatic rings. The molecule has 108 valence electrons. The van der Waals surface area contributed by atoms with Crippen molar-refractivity contribution in [2.75, 3.05) is 18.1 Å². The van der Waals surface area contributed by atoms with Gasteiger partial charge in [-0.2, -0.15) is 11.8 Å². The number of Topliss-reactive ketones (excluding diaryl/α,β-unsaturated/α-hetero) is 1. The lowest BCUT2D eigenvalue weighted by Crippen LogP contribution is -2.43. The van der Waals surface area contributed by atoms with Crippen molar-refractivity contribution < 1.29 is 9.53 Å². The van der Waals surface area contributed by atoms with E-state index in [1.54, 1.807) is 0 Å². The van der Waals surface area contributed by atoms with Gasteiger partial charge in [-0.25, -0.2) is 0 Å². The standard InChI is InChI=1S/C16H21NO2S/c17-14(12-4-2-1-3-5-12)15(18)13-6-8-19-16(10-13)7-9-20-11-16/h1-5,13-14H,6-11,17H2. The Labute approximate surface area is 124 Å². The summed E-state index contributed by atoms with van der Waals surface area (Å²) < 4.78 is 5.98. The van der Waals surface area contributed by atoms with Gasteiger partial charge in [0, 0.05) is 18.3 Å². The van der Waals surface area contributed by atoms with Gasteiger partial charge < -0.3 is 10.5 Å². The van der Waals surface area contributed by atoms with Crippen LogP contribution in [0.4, 0.5) is 0 Å². The normalized spacial score (nSPS) is 31.4. The van der Waals surface area contributed by atoms with Gasteiger partial charge in [-0.15, -0.1) is 0 Å². The number of hydrogen-bond acceptors (Lipinski definition) is 4. The third-order valence-corrected chi connectivity index (χ3v) is 5.65. The third-order valence-electron chi connectivity index (χ3n) is 4.43. The Morgan fingerprint density at radius 3 is 2.90 bits per heavy atom. The van der Waals surface area contributed by atoms with Crippen LogP contribution in [0.2, 0.25) is 0 Å². The lowest BCUT2D eigenvalue weighted by molar-refractivity contribution is -0.135. The van der Waals surface area contributed by atoms with Crippen LogP contribution in [0, 0.1) is 5.92 Å². The summed E-state index contributed by atoms with van der Waals surface area (Å²) in [4.78, 5) is 12.7. The second-order valence-corrected chi connectivity index (χ2v) is 6.92. The van der Waals surface area contributed by atoms with Crippen LogP contribution in [0.3, 0.4) is 0 Å². The molecule has 1 aromatic rings. The van der Waals surface area contributed by atoms with Gasteiger partial charge in [0.05, 0.1) is 11.6 Å². The van der Waals surface area contributed by atoms with Gasteiger partial charge in [0.15, 0.2) is 5.78 Å². The molecule has 2 N–H and O–H groups in total. The van der Waals surface area contributed by atoms with Gasteiger partial charge in [0.25, 0.3) is 0 Å². The van der Waals surface area contributed by atoms with Gasteiger partial charge in [-0.3, -0.25) is 4.79 Å². The van der Waals surface area contributed by atoms with E-state index >= 15 is 0 Å². The Hall–Kier alpha value is -0.840.